The number of hydrogen-bond donors (Lipinski definition) is 3. The standard InChI is InChI=1S/C16H24BrN5O4/c1-25-11-10(24)9(6-23)26-14(11)22-7-19-12-13(22)20-15(17)21-16(12,18)8-4-2-3-5-8/h8-11,14,23-24H,2-7,18H2,1H3/t9-,10-,11-,14-,16?/m1/s1. The lowest BCUT2D eigenvalue weighted by atomic mass is 9.86. The summed E-state index contributed by atoms with van der Waals surface area (Å²) in [6, 6.07) is 0. The second-order valence-corrected chi connectivity index (χ2v) is 7.89. The van der Waals surface area contributed by atoms with E-state index in [0.29, 0.717) is 23.0 Å². The SMILES string of the molecule is CO[C@@H]1[C@H](O)[C@@H](CO)O[C@H]1N1CN=C2C1=NC(Br)=NC2(N)C1CCCC1. The zero-order chi connectivity index (χ0) is 18.5. The molecule has 2 fully saturated rings. The summed E-state index contributed by atoms with van der Waals surface area (Å²) < 4.78 is 11.7. The average molecular weight is 430 g/mol. The summed E-state index contributed by atoms with van der Waals surface area (Å²) in [5.41, 5.74) is 6.49. The van der Waals surface area contributed by atoms with Gasteiger partial charge in [-0.1, -0.05) is 12.8 Å². The maximum absolute atomic E-state index is 10.3. The molecule has 144 valence electrons. The van der Waals surface area contributed by atoms with Gasteiger partial charge >= 0.3 is 0 Å². The number of aliphatic hydroxyl groups is 2. The summed E-state index contributed by atoms with van der Waals surface area (Å²) in [4.78, 5) is 15.6. The zero-order valence-corrected chi connectivity index (χ0v) is 16.2. The number of halogens is 1. The van der Waals surface area contributed by atoms with Crippen molar-refractivity contribution in [3.63, 3.8) is 0 Å². The van der Waals surface area contributed by atoms with E-state index in [1.54, 1.807) is 0 Å². The molecule has 26 heavy (non-hydrogen) atoms. The zero-order valence-electron chi connectivity index (χ0n) is 14.6. The summed E-state index contributed by atoms with van der Waals surface area (Å²) in [5, 5.41) is 19.8. The van der Waals surface area contributed by atoms with Crippen LogP contribution in [0.5, 0.6) is 0 Å². The van der Waals surface area contributed by atoms with Gasteiger partial charge in [0, 0.05) is 13.0 Å². The monoisotopic (exact) mass is 429 g/mol. The van der Waals surface area contributed by atoms with Crippen molar-refractivity contribution in [3.05, 3.63) is 0 Å². The molecule has 1 aliphatic carbocycles. The maximum Gasteiger partial charge on any atom is 0.196 e. The molecule has 9 nitrogen and oxygen atoms in total. The molecule has 4 aliphatic rings. The lowest BCUT2D eigenvalue weighted by molar-refractivity contribution is -0.0765. The van der Waals surface area contributed by atoms with Gasteiger partial charge in [0.15, 0.2) is 22.5 Å². The number of aliphatic hydroxyl groups excluding tert-OH is 2. The van der Waals surface area contributed by atoms with E-state index in [-0.39, 0.29) is 12.5 Å². The van der Waals surface area contributed by atoms with Crippen LogP contribution in [0.1, 0.15) is 25.7 Å². The molecular formula is C16H24BrN5O4. The van der Waals surface area contributed by atoms with Gasteiger partial charge in [-0.05, 0) is 28.8 Å². The van der Waals surface area contributed by atoms with Gasteiger partial charge < -0.3 is 30.3 Å². The van der Waals surface area contributed by atoms with Crippen molar-refractivity contribution in [2.45, 2.75) is 55.9 Å². The van der Waals surface area contributed by atoms with Crippen LogP contribution in [0.25, 0.3) is 0 Å². The Morgan fingerprint density at radius 1 is 1.42 bits per heavy atom. The molecule has 5 atom stereocenters. The molecular weight excluding hydrogens is 406 g/mol. The molecule has 0 aromatic rings. The molecule has 0 aromatic carbocycles. The van der Waals surface area contributed by atoms with Gasteiger partial charge in [0.05, 0.1) is 6.61 Å². The van der Waals surface area contributed by atoms with Gasteiger partial charge in [-0.25, -0.2) is 9.98 Å². The second-order valence-electron chi connectivity index (χ2n) is 7.18. The quantitative estimate of drug-likeness (QED) is 0.531. The van der Waals surface area contributed by atoms with Gasteiger partial charge in [0.1, 0.15) is 30.7 Å². The van der Waals surface area contributed by atoms with Gasteiger partial charge in [-0.3, -0.25) is 4.99 Å². The molecule has 1 saturated carbocycles. The number of aliphatic imine (C=N–C) groups is 3. The molecule has 0 spiro atoms. The van der Waals surface area contributed by atoms with Gasteiger partial charge in [-0.2, -0.15) is 0 Å². The largest absolute Gasteiger partial charge is 0.394 e. The Labute approximate surface area is 160 Å². The molecule has 0 bridgehead atoms. The van der Waals surface area contributed by atoms with Crippen molar-refractivity contribution in [1.29, 1.82) is 0 Å². The van der Waals surface area contributed by atoms with Crippen LogP contribution < -0.4 is 5.73 Å². The van der Waals surface area contributed by atoms with Crippen molar-refractivity contribution in [2.24, 2.45) is 26.6 Å². The molecule has 0 radical (unpaired) electrons. The van der Waals surface area contributed by atoms with E-state index in [0.717, 1.165) is 25.7 Å². The molecule has 4 N–H and O–H groups in total. The Bertz CT molecular complexity index is 665. The van der Waals surface area contributed by atoms with E-state index >= 15 is 0 Å². The van der Waals surface area contributed by atoms with Crippen LogP contribution in [0.15, 0.2) is 15.0 Å². The van der Waals surface area contributed by atoms with E-state index in [2.05, 4.69) is 30.9 Å². The minimum atomic E-state index is -0.933. The third-order valence-corrected chi connectivity index (χ3v) is 6.12. The van der Waals surface area contributed by atoms with E-state index < -0.39 is 30.2 Å². The van der Waals surface area contributed by atoms with Gasteiger partial charge in [0.25, 0.3) is 0 Å². The minimum Gasteiger partial charge on any atom is -0.394 e. The van der Waals surface area contributed by atoms with Crippen molar-refractivity contribution < 1.29 is 19.7 Å². The molecule has 3 heterocycles. The van der Waals surface area contributed by atoms with Crippen LogP contribution in [0.2, 0.25) is 0 Å². The summed E-state index contributed by atoms with van der Waals surface area (Å²) in [6.07, 6.45) is 1.42. The van der Waals surface area contributed by atoms with E-state index in [9.17, 15) is 10.2 Å². The fourth-order valence-corrected chi connectivity index (χ4v) is 4.85. The Balaban J connectivity index is 1.64. The van der Waals surface area contributed by atoms with Crippen LogP contribution in [-0.2, 0) is 9.47 Å². The predicted molar refractivity (Wildman–Crippen MR) is 99.4 cm³/mol. The lowest BCUT2D eigenvalue weighted by Gasteiger charge is -2.36. The minimum absolute atomic E-state index is 0.220. The number of nitrogens with two attached hydrogens (primary N) is 1. The van der Waals surface area contributed by atoms with Gasteiger partial charge in [-0.15, -0.1) is 0 Å². The third kappa shape index (κ3) is 2.74. The van der Waals surface area contributed by atoms with Crippen molar-refractivity contribution in [2.75, 3.05) is 20.4 Å². The number of methoxy groups -OCH3 is 1. The fourth-order valence-electron chi connectivity index (χ4n) is 4.39. The number of rotatable bonds is 4. The number of ether oxygens (including phenoxy) is 2. The Hall–Kier alpha value is -0.910. The van der Waals surface area contributed by atoms with Crippen molar-refractivity contribution >= 4 is 32.2 Å². The van der Waals surface area contributed by atoms with E-state index in [1.165, 1.54) is 7.11 Å². The maximum atomic E-state index is 10.3. The third-order valence-electron chi connectivity index (χ3n) is 5.77. The predicted octanol–water partition coefficient (Wildman–Crippen LogP) is -0.198. The Morgan fingerprint density at radius 2 is 2.15 bits per heavy atom. The summed E-state index contributed by atoms with van der Waals surface area (Å²) in [7, 11) is 1.51. The van der Waals surface area contributed by atoms with Crippen LogP contribution in [-0.4, -0.2) is 82.0 Å². The van der Waals surface area contributed by atoms with Crippen molar-refractivity contribution in [3.8, 4) is 0 Å². The first kappa shape index (κ1) is 18.5. The highest BCUT2D eigenvalue weighted by Crippen LogP contribution is 2.39. The highest BCUT2D eigenvalue weighted by Gasteiger charge is 2.53. The lowest BCUT2D eigenvalue weighted by Crippen LogP contribution is -2.59. The van der Waals surface area contributed by atoms with Gasteiger partial charge in [0.2, 0.25) is 0 Å². The fraction of sp³-hybridized carbons (Fsp3) is 0.812. The molecule has 10 heteroatoms. The van der Waals surface area contributed by atoms with E-state index in [4.69, 9.17) is 15.2 Å². The van der Waals surface area contributed by atoms with Crippen LogP contribution >= 0.6 is 15.9 Å². The normalized spacial score (nSPS) is 40.5. The highest BCUT2D eigenvalue weighted by atomic mass is 79.9. The van der Waals surface area contributed by atoms with E-state index in [1.807, 2.05) is 4.90 Å². The van der Waals surface area contributed by atoms with Crippen LogP contribution in [0.4, 0.5) is 0 Å². The Kier molecular flexibility index (Phi) is 4.91. The van der Waals surface area contributed by atoms with Crippen LogP contribution in [0.3, 0.4) is 0 Å². The molecule has 0 amide bonds. The average Bonchev–Trinajstić information content (AvgIpc) is 3.32. The first-order valence-corrected chi connectivity index (χ1v) is 9.71. The van der Waals surface area contributed by atoms with Crippen LogP contribution in [0, 0.1) is 5.92 Å². The highest BCUT2D eigenvalue weighted by molar-refractivity contribution is 9.18. The second kappa shape index (κ2) is 6.92. The topological polar surface area (TPSA) is 125 Å². The molecule has 0 aromatic heterocycles. The Morgan fingerprint density at radius 3 is 2.81 bits per heavy atom. The molecule has 3 aliphatic heterocycles. The summed E-state index contributed by atoms with van der Waals surface area (Å²) >= 11 is 3.39. The summed E-state index contributed by atoms with van der Waals surface area (Å²) in [6.45, 7) is 0.00461. The first-order valence-electron chi connectivity index (χ1n) is 8.91. The molecule has 4 rings (SSSR count). The number of amidine groups is 2. The number of hydrogen-bond acceptors (Lipinski definition) is 9. The smallest absolute Gasteiger partial charge is 0.196 e. The van der Waals surface area contributed by atoms with Crippen molar-refractivity contribution in [1.82, 2.24) is 4.90 Å². The summed E-state index contributed by atoms with van der Waals surface area (Å²) in [5.74, 6) is 0.817. The first-order chi connectivity index (χ1) is 12.5. The number of fused-ring (bicyclic) bond motifs is 1. The molecule has 1 unspecified atom stereocenters. The number of nitrogens with zero attached hydrogens (tertiary/aromatic N) is 4. The molecule has 1 saturated heterocycles.